The SMILES string of the molecule is CCn1c(C2CCCC2)nc(-c2ccc(C)nc2)c1N. The molecule has 2 N–H and O–H groups in total. The molecule has 2 aromatic rings. The highest BCUT2D eigenvalue weighted by Gasteiger charge is 2.25. The van der Waals surface area contributed by atoms with Crippen LogP contribution in [0.3, 0.4) is 0 Å². The van der Waals surface area contributed by atoms with Gasteiger partial charge in [-0.1, -0.05) is 12.8 Å². The molecular formula is C16H22N4. The molecule has 106 valence electrons. The summed E-state index contributed by atoms with van der Waals surface area (Å²) >= 11 is 0. The molecule has 0 atom stereocenters. The zero-order chi connectivity index (χ0) is 14.1. The standard InChI is InChI=1S/C16H22N4/c1-3-20-15(17)14(13-9-8-11(2)18-10-13)19-16(20)12-6-4-5-7-12/h8-10,12H,3-7,17H2,1-2H3. The maximum atomic E-state index is 6.33. The lowest BCUT2D eigenvalue weighted by Gasteiger charge is -2.11. The molecule has 1 aliphatic rings. The van der Waals surface area contributed by atoms with Crippen molar-refractivity contribution >= 4 is 5.82 Å². The van der Waals surface area contributed by atoms with Gasteiger partial charge < -0.3 is 10.3 Å². The molecule has 0 saturated heterocycles. The van der Waals surface area contributed by atoms with E-state index in [0.717, 1.165) is 35.1 Å². The summed E-state index contributed by atoms with van der Waals surface area (Å²) in [6.07, 6.45) is 6.96. The maximum absolute atomic E-state index is 6.33. The van der Waals surface area contributed by atoms with Crippen molar-refractivity contribution in [2.45, 2.75) is 52.0 Å². The van der Waals surface area contributed by atoms with Crippen LogP contribution in [0.15, 0.2) is 18.3 Å². The van der Waals surface area contributed by atoms with Gasteiger partial charge in [0.05, 0.1) is 0 Å². The zero-order valence-electron chi connectivity index (χ0n) is 12.3. The van der Waals surface area contributed by atoms with E-state index in [1.165, 1.54) is 25.7 Å². The Morgan fingerprint density at radius 1 is 1.30 bits per heavy atom. The van der Waals surface area contributed by atoms with E-state index in [4.69, 9.17) is 10.7 Å². The van der Waals surface area contributed by atoms with Crippen molar-refractivity contribution in [3.05, 3.63) is 29.8 Å². The average molecular weight is 270 g/mol. The normalized spacial score (nSPS) is 15.9. The van der Waals surface area contributed by atoms with Gasteiger partial charge in [-0.25, -0.2) is 4.98 Å². The lowest BCUT2D eigenvalue weighted by Crippen LogP contribution is -2.08. The summed E-state index contributed by atoms with van der Waals surface area (Å²) in [7, 11) is 0. The van der Waals surface area contributed by atoms with E-state index < -0.39 is 0 Å². The van der Waals surface area contributed by atoms with Gasteiger partial charge in [0.1, 0.15) is 17.3 Å². The van der Waals surface area contributed by atoms with E-state index in [0.29, 0.717) is 5.92 Å². The predicted molar refractivity (Wildman–Crippen MR) is 81.5 cm³/mol. The number of hydrogen-bond donors (Lipinski definition) is 1. The van der Waals surface area contributed by atoms with Crippen LogP contribution in [0.4, 0.5) is 5.82 Å². The Hall–Kier alpha value is -1.84. The first-order valence-electron chi connectivity index (χ1n) is 7.49. The summed E-state index contributed by atoms with van der Waals surface area (Å²) < 4.78 is 2.17. The molecule has 0 spiro atoms. The molecule has 1 fully saturated rings. The topological polar surface area (TPSA) is 56.7 Å². The molecule has 4 nitrogen and oxygen atoms in total. The van der Waals surface area contributed by atoms with E-state index in [-0.39, 0.29) is 0 Å². The third kappa shape index (κ3) is 2.19. The second-order valence-corrected chi connectivity index (χ2v) is 5.62. The van der Waals surface area contributed by atoms with E-state index >= 15 is 0 Å². The summed E-state index contributed by atoms with van der Waals surface area (Å²) in [5.41, 5.74) is 9.24. The summed E-state index contributed by atoms with van der Waals surface area (Å²) in [6, 6.07) is 4.06. The minimum atomic E-state index is 0.574. The molecule has 20 heavy (non-hydrogen) atoms. The van der Waals surface area contributed by atoms with Crippen molar-refractivity contribution in [3.63, 3.8) is 0 Å². The van der Waals surface area contributed by atoms with Crippen LogP contribution in [-0.2, 0) is 6.54 Å². The minimum absolute atomic E-state index is 0.574. The third-order valence-corrected chi connectivity index (χ3v) is 4.26. The molecule has 1 saturated carbocycles. The maximum Gasteiger partial charge on any atom is 0.131 e. The highest BCUT2D eigenvalue weighted by atomic mass is 15.1. The van der Waals surface area contributed by atoms with Crippen LogP contribution in [0.1, 0.15) is 50.0 Å². The van der Waals surface area contributed by atoms with E-state index in [1.54, 1.807) is 0 Å². The first-order valence-corrected chi connectivity index (χ1v) is 7.49. The first kappa shape index (κ1) is 13.2. The summed E-state index contributed by atoms with van der Waals surface area (Å²) in [5.74, 6) is 2.52. The van der Waals surface area contributed by atoms with Crippen molar-refractivity contribution in [2.75, 3.05) is 5.73 Å². The molecule has 0 radical (unpaired) electrons. The fourth-order valence-corrected chi connectivity index (χ4v) is 3.13. The number of nitrogens with zero attached hydrogens (tertiary/aromatic N) is 3. The number of anilines is 1. The van der Waals surface area contributed by atoms with Crippen molar-refractivity contribution in [2.24, 2.45) is 0 Å². The average Bonchev–Trinajstić information content (AvgIpc) is 3.07. The number of rotatable bonds is 3. The third-order valence-electron chi connectivity index (χ3n) is 4.26. The number of nitrogens with two attached hydrogens (primary N) is 1. The van der Waals surface area contributed by atoms with Gasteiger partial charge in [0.15, 0.2) is 0 Å². The van der Waals surface area contributed by atoms with E-state index in [2.05, 4.69) is 22.5 Å². The second-order valence-electron chi connectivity index (χ2n) is 5.62. The number of nitrogen functional groups attached to an aromatic ring is 1. The Kier molecular flexibility index (Phi) is 3.47. The molecule has 2 heterocycles. The van der Waals surface area contributed by atoms with Gasteiger partial charge in [-0.3, -0.25) is 4.98 Å². The van der Waals surface area contributed by atoms with Crippen molar-refractivity contribution in [3.8, 4) is 11.3 Å². The van der Waals surface area contributed by atoms with Crippen molar-refractivity contribution in [1.82, 2.24) is 14.5 Å². The van der Waals surface area contributed by atoms with Crippen LogP contribution in [0.2, 0.25) is 0 Å². The minimum Gasteiger partial charge on any atom is -0.383 e. The second kappa shape index (κ2) is 5.27. The number of imidazole rings is 1. The molecule has 4 heteroatoms. The zero-order valence-corrected chi connectivity index (χ0v) is 12.3. The molecule has 0 bridgehead atoms. The highest BCUT2D eigenvalue weighted by molar-refractivity contribution is 5.70. The van der Waals surface area contributed by atoms with Gasteiger partial charge in [-0.15, -0.1) is 0 Å². The smallest absolute Gasteiger partial charge is 0.131 e. The molecule has 1 aliphatic carbocycles. The Morgan fingerprint density at radius 3 is 2.65 bits per heavy atom. The number of aryl methyl sites for hydroxylation is 1. The number of hydrogen-bond acceptors (Lipinski definition) is 3. The van der Waals surface area contributed by atoms with Crippen LogP contribution >= 0.6 is 0 Å². The Balaban J connectivity index is 2.05. The Bertz CT molecular complexity index is 592. The van der Waals surface area contributed by atoms with Gasteiger partial charge in [-0.05, 0) is 38.8 Å². The predicted octanol–water partition coefficient (Wildman–Crippen LogP) is 3.51. The van der Waals surface area contributed by atoms with Crippen LogP contribution in [0.5, 0.6) is 0 Å². The fraction of sp³-hybridized carbons (Fsp3) is 0.500. The van der Waals surface area contributed by atoms with Gasteiger partial charge in [0.25, 0.3) is 0 Å². The van der Waals surface area contributed by atoms with Gasteiger partial charge in [-0.2, -0.15) is 0 Å². The Labute approximate surface area is 120 Å². The van der Waals surface area contributed by atoms with Crippen LogP contribution in [0.25, 0.3) is 11.3 Å². The van der Waals surface area contributed by atoms with Crippen molar-refractivity contribution in [1.29, 1.82) is 0 Å². The largest absolute Gasteiger partial charge is 0.383 e. The molecule has 0 unspecified atom stereocenters. The molecule has 0 aromatic carbocycles. The molecule has 0 amide bonds. The molecule has 3 rings (SSSR count). The molecular weight excluding hydrogens is 248 g/mol. The van der Waals surface area contributed by atoms with Crippen LogP contribution in [-0.4, -0.2) is 14.5 Å². The summed E-state index contributed by atoms with van der Waals surface area (Å²) in [5, 5.41) is 0. The van der Waals surface area contributed by atoms with Gasteiger partial charge >= 0.3 is 0 Å². The van der Waals surface area contributed by atoms with E-state index in [1.807, 2.05) is 19.2 Å². The Morgan fingerprint density at radius 2 is 2.05 bits per heavy atom. The van der Waals surface area contributed by atoms with E-state index in [9.17, 15) is 0 Å². The van der Waals surface area contributed by atoms with Crippen molar-refractivity contribution < 1.29 is 0 Å². The lowest BCUT2D eigenvalue weighted by molar-refractivity contribution is 0.604. The monoisotopic (exact) mass is 270 g/mol. The summed E-state index contributed by atoms with van der Waals surface area (Å²) in [4.78, 5) is 9.21. The fourth-order valence-electron chi connectivity index (χ4n) is 3.13. The van der Waals surface area contributed by atoms with Gasteiger partial charge in [0.2, 0.25) is 0 Å². The lowest BCUT2D eigenvalue weighted by atomic mass is 10.1. The number of pyridine rings is 1. The molecule has 2 aromatic heterocycles. The van der Waals surface area contributed by atoms with Crippen LogP contribution in [0, 0.1) is 6.92 Å². The summed E-state index contributed by atoms with van der Waals surface area (Å²) in [6.45, 7) is 5.00. The number of aromatic nitrogens is 3. The highest BCUT2D eigenvalue weighted by Crippen LogP contribution is 2.37. The van der Waals surface area contributed by atoms with Crippen LogP contribution < -0.4 is 5.73 Å². The first-order chi connectivity index (χ1) is 9.70. The quantitative estimate of drug-likeness (QED) is 0.928. The molecule has 0 aliphatic heterocycles. The van der Waals surface area contributed by atoms with Gasteiger partial charge in [0, 0.05) is 29.9 Å².